The number of rotatable bonds is 8. The van der Waals surface area contributed by atoms with Gasteiger partial charge in [0.15, 0.2) is 5.84 Å². The third kappa shape index (κ3) is 4.60. The predicted octanol–water partition coefficient (Wildman–Crippen LogP) is 1.29. The Morgan fingerprint density at radius 3 is 2.71 bits per heavy atom. The molecule has 1 aromatic carbocycles. The van der Waals surface area contributed by atoms with Crippen LogP contribution < -0.4 is 10.6 Å². The molecule has 0 bridgehead atoms. The zero-order valence-electron chi connectivity index (χ0n) is 11.9. The molecule has 4 N–H and O–H groups in total. The van der Waals surface area contributed by atoms with Crippen LogP contribution in [-0.2, 0) is 0 Å². The number of nitrogens with two attached hydrogens (primary N) is 1. The van der Waals surface area contributed by atoms with E-state index in [2.05, 4.69) is 5.16 Å². The molecule has 0 saturated carbocycles. The number of benzene rings is 1. The Morgan fingerprint density at radius 1 is 1.43 bits per heavy atom. The summed E-state index contributed by atoms with van der Waals surface area (Å²) in [6.07, 6.45) is 2.48. The maximum absolute atomic E-state index is 10.8. The molecule has 0 saturated heterocycles. The highest BCUT2D eigenvalue weighted by molar-refractivity contribution is 6.02. The predicted molar refractivity (Wildman–Crippen MR) is 79.8 cm³/mol. The number of amidine groups is 1. The van der Waals surface area contributed by atoms with E-state index < -0.39 is 4.92 Å². The Balaban J connectivity index is 2.96. The number of aliphatic hydroxyl groups excluding tert-OH is 1. The van der Waals surface area contributed by atoms with E-state index in [9.17, 15) is 10.1 Å². The van der Waals surface area contributed by atoms with Crippen molar-refractivity contribution in [1.29, 1.82) is 0 Å². The Kier molecular flexibility index (Phi) is 6.41. The molecule has 8 heteroatoms. The number of nitrogens with zero attached hydrogens (tertiary/aromatic N) is 3. The number of non-ortho nitro benzene ring substituents is 1. The molecule has 0 aliphatic carbocycles. The molecule has 1 aromatic rings. The van der Waals surface area contributed by atoms with Crippen LogP contribution in [0.2, 0.25) is 0 Å². The first-order valence-electron chi connectivity index (χ1n) is 6.59. The molecule has 0 spiro atoms. The van der Waals surface area contributed by atoms with Gasteiger partial charge in [-0.1, -0.05) is 5.16 Å². The summed E-state index contributed by atoms with van der Waals surface area (Å²) in [7, 11) is 1.83. The van der Waals surface area contributed by atoms with Crippen LogP contribution in [0.1, 0.15) is 24.8 Å². The van der Waals surface area contributed by atoms with Crippen LogP contribution >= 0.6 is 0 Å². The highest BCUT2D eigenvalue weighted by Gasteiger charge is 2.16. The molecule has 0 radical (unpaired) electrons. The molecule has 0 fully saturated rings. The van der Waals surface area contributed by atoms with Gasteiger partial charge in [-0.2, -0.15) is 0 Å². The van der Waals surface area contributed by atoms with Crippen molar-refractivity contribution in [2.24, 2.45) is 10.9 Å². The number of nitro benzene ring substituents is 1. The van der Waals surface area contributed by atoms with Crippen molar-refractivity contribution in [2.45, 2.75) is 19.3 Å². The second-order valence-electron chi connectivity index (χ2n) is 4.65. The summed E-state index contributed by atoms with van der Waals surface area (Å²) >= 11 is 0. The van der Waals surface area contributed by atoms with Gasteiger partial charge in [-0.15, -0.1) is 0 Å². The number of anilines is 1. The largest absolute Gasteiger partial charge is 0.409 e. The maximum Gasteiger partial charge on any atom is 0.270 e. The van der Waals surface area contributed by atoms with E-state index in [4.69, 9.17) is 16.0 Å². The third-order valence-electron chi connectivity index (χ3n) is 3.14. The number of hydrogen-bond donors (Lipinski definition) is 3. The lowest BCUT2D eigenvalue weighted by atomic mass is 10.1. The Hall–Kier alpha value is -2.35. The van der Waals surface area contributed by atoms with Crippen LogP contribution in [0, 0.1) is 10.1 Å². The van der Waals surface area contributed by atoms with Crippen LogP contribution in [0.25, 0.3) is 0 Å². The Bertz CT molecular complexity index is 519. The van der Waals surface area contributed by atoms with Crippen LogP contribution in [0.5, 0.6) is 0 Å². The Labute approximate surface area is 122 Å². The molecule has 21 heavy (non-hydrogen) atoms. The maximum atomic E-state index is 10.8. The first-order chi connectivity index (χ1) is 10.0. The van der Waals surface area contributed by atoms with Gasteiger partial charge >= 0.3 is 0 Å². The van der Waals surface area contributed by atoms with Crippen LogP contribution in [0.3, 0.4) is 0 Å². The average molecular weight is 296 g/mol. The summed E-state index contributed by atoms with van der Waals surface area (Å²) in [4.78, 5) is 12.2. The van der Waals surface area contributed by atoms with Crippen molar-refractivity contribution in [1.82, 2.24) is 0 Å². The van der Waals surface area contributed by atoms with Gasteiger partial charge in [-0.3, -0.25) is 10.1 Å². The zero-order chi connectivity index (χ0) is 15.8. The van der Waals surface area contributed by atoms with E-state index in [0.717, 1.165) is 19.3 Å². The normalized spacial score (nSPS) is 11.4. The van der Waals surface area contributed by atoms with Crippen molar-refractivity contribution >= 4 is 17.2 Å². The van der Waals surface area contributed by atoms with Gasteiger partial charge in [0, 0.05) is 38.0 Å². The number of nitro groups is 1. The van der Waals surface area contributed by atoms with Gasteiger partial charge in [0.2, 0.25) is 0 Å². The van der Waals surface area contributed by atoms with Gasteiger partial charge in [-0.05, 0) is 25.3 Å². The van der Waals surface area contributed by atoms with Crippen LogP contribution in [-0.4, -0.2) is 41.3 Å². The molecule has 0 aromatic heterocycles. The van der Waals surface area contributed by atoms with E-state index in [0.29, 0.717) is 17.8 Å². The first kappa shape index (κ1) is 16.7. The summed E-state index contributed by atoms with van der Waals surface area (Å²) < 4.78 is 0. The zero-order valence-corrected chi connectivity index (χ0v) is 11.9. The second-order valence-corrected chi connectivity index (χ2v) is 4.65. The standard InChI is InChI=1S/C13H20N4O4/c1-16(7-3-2-4-8-18)12-6-5-10(17(20)21)9-11(12)13(14)15-19/h5-6,9,18-19H,2-4,7-8H2,1H3,(H2,14,15). The summed E-state index contributed by atoms with van der Waals surface area (Å²) in [5, 5.41) is 31.3. The van der Waals surface area contributed by atoms with Crippen molar-refractivity contribution in [3.63, 3.8) is 0 Å². The van der Waals surface area contributed by atoms with Gasteiger partial charge < -0.3 is 20.9 Å². The molecule has 8 nitrogen and oxygen atoms in total. The smallest absolute Gasteiger partial charge is 0.270 e. The van der Waals surface area contributed by atoms with Crippen LogP contribution in [0.15, 0.2) is 23.4 Å². The molecule has 0 heterocycles. The molecule has 0 amide bonds. The number of aliphatic hydroxyl groups is 1. The van der Waals surface area contributed by atoms with Crippen molar-refractivity contribution in [3.05, 3.63) is 33.9 Å². The SMILES string of the molecule is CN(CCCCCO)c1ccc([N+](=O)[O-])cc1/C(N)=N/O. The van der Waals surface area contributed by atoms with Crippen molar-refractivity contribution < 1.29 is 15.2 Å². The highest BCUT2D eigenvalue weighted by Crippen LogP contribution is 2.25. The lowest BCUT2D eigenvalue weighted by Crippen LogP contribution is -2.24. The van der Waals surface area contributed by atoms with E-state index in [-0.39, 0.29) is 18.1 Å². The lowest BCUT2D eigenvalue weighted by Gasteiger charge is -2.21. The van der Waals surface area contributed by atoms with Crippen molar-refractivity contribution in [2.75, 3.05) is 25.1 Å². The fourth-order valence-corrected chi connectivity index (χ4v) is 1.99. The average Bonchev–Trinajstić information content (AvgIpc) is 2.49. The highest BCUT2D eigenvalue weighted by atomic mass is 16.6. The molecule has 116 valence electrons. The molecule has 1 rings (SSSR count). The monoisotopic (exact) mass is 296 g/mol. The molecule has 0 atom stereocenters. The fourth-order valence-electron chi connectivity index (χ4n) is 1.99. The van der Waals surface area contributed by atoms with Gasteiger partial charge in [0.05, 0.1) is 10.5 Å². The van der Waals surface area contributed by atoms with Crippen LogP contribution in [0.4, 0.5) is 11.4 Å². The number of unbranched alkanes of at least 4 members (excludes halogenated alkanes) is 2. The van der Waals surface area contributed by atoms with Gasteiger partial charge in [0.1, 0.15) is 0 Å². The van der Waals surface area contributed by atoms with E-state index in [1.807, 2.05) is 11.9 Å². The topological polar surface area (TPSA) is 125 Å². The molecule has 0 aliphatic rings. The fraction of sp³-hybridized carbons (Fsp3) is 0.462. The number of hydrogen-bond acceptors (Lipinski definition) is 6. The minimum atomic E-state index is -0.529. The van der Waals surface area contributed by atoms with E-state index >= 15 is 0 Å². The summed E-state index contributed by atoms with van der Waals surface area (Å²) in [6, 6.07) is 4.25. The molecule has 0 aliphatic heterocycles. The Morgan fingerprint density at radius 2 is 2.14 bits per heavy atom. The summed E-state index contributed by atoms with van der Waals surface area (Å²) in [5.74, 6) is -0.170. The molecular formula is C13H20N4O4. The van der Waals surface area contributed by atoms with Gasteiger partial charge in [0.25, 0.3) is 5.69 Å². The summed E-state index contributed by atoms with van der Waals surface area (Å²) in [6.45, 7) is 0.861. The summed E-state index contributed by atoms with van der Waals surface area (Å²) in [5.41, 5.74) is 6.45. The van der Waals surface area contributed by atoms with Gasteiger partial charge in [-0.25, -0.2) is 0 Å². The molecular weight excluding hydrogens is 276 g/mol. The second kappa shape index (κ2) is 8.05. The van der Waals surface area contributed by atoms with Crippen molar-refractivity contribution in [3.8, 4) is 0 Å². The lowest BCUT2D eigenvalue weighted by molar-refractivity contribution is -0.384. The van der Waals surface area contributed by atoms with E-state index in [1.165, 1.54) is 12.1 Å². The quantitative estimate of drug-likeness (QED) is 0.166. The third-order valence-corrected chi connectivity index (χ3v) is 3.14. The first-order valence-corrected chi connectivity index (χ1v) is 6.59. The van der Waals surface area contributed by atoms with E-state index in [1.54, 1.807) is 6.07 Å². The number of oxime groups is 1. The minimum Gasteiger partial charge on any atom is -0.409 e. The molecule has 0 unspecified atom stereocenters. The minimum absolute atomic E-state index is 0.117.